The van der Waals surface area contributed by atoms with Crippen molar-refractivity contribution in [3.05, 3.63) is 71.9 Å². The number of hydrogen-bond acceptors (Lipinski definition) is 4. The molecule has 25 heavy (non-hydrogen) atoms. The van der Waals surface area contributed by atoms with Crippen LogP contribution in [0.4, 0.5) is 5.82 Å². The fraction of sp³-hybridized carbons (Fsp3) is 0.0526. The third-order valence-electron chi connectivity index (χ3n) is 4.34. The minimum Gasteiger partial charge on any atom is -0.384 e. The Balaban J connectivity index is 1.81. The summed E-state index contributed by atoms with van der Waals surface area (Å²) < 4.78 is 2.18. The first-order valence-corrected chi connectivity index (χ1v) is 7.83. The number of nitrogens with zero attached hydrogens (tertiary/aromatic N) is 2. The van der Waals surface area contributed by atoms with E-state index < -0.39 is 5.91 Å². The Morgan fingerprint density at radius 2 is 1.84 bits per heavy atom. The number of carbonyl (C=O) groups excluding carboxylic acids is 1. The van der Waals surface area contributed by atoms with Crippen molar-refractivity contribution in [2.75, 3.05) is 5.73 Å². The van der Waals surface area contributed by atoms with Gasteiger partial charge >= 0.3 is 0 Å². The van der Waals surface area contributed by atoms with Crippen LogP contribution in [-0.2, 0) is 6.54 Å². The molecular weight excluding hydrogens is 316 g/mol. The van der Waals surface area contributed by atoms with Gasteiger partial charge in [0, 0.05) is 28.4 Å². The molecule has 0 saturated carbocycles. The van der Waals surface area contributed by atoms with Crippen molar-refractivity contribution in [3.8, 4) is 0 Å². The maximum atomic E-state index is 11.4. The van der Waals surface area contributed by atoms with E-state index in [1.807, 2.05) is 30.3 Å². The SMILES string of the molecule is Nc1cc2c3ccccc3n(Cc3ccc(C(=O)NO)cc3)c2cn1. The molecule has 4 aromatic rings. The third kappa shape index (κ3) is 2.58. The molecule has 1 amide bonds. The lowest BCUT2D eigenvalue weighted by Crippen LogP contribution is -2.18. The van der Waals surface area contributed by atoms with Crippen molar-refractivity contribution >= 4 is 33.5 Å². The summed E-state index contributed by atoms with van der Waals surface area (Å²) in [6, 6.07) is 17.2. The minimum atomic E-state index is -0.525. The molecule has 0 radical (unpaired) electrons. The molecule has 4 N–H and O–H groups in total. The van der Waals surface area contributed by atoms with Gasteiger partial charge in [-0.25, -0.2) is 10.5 Å². The molecule has 0 saturated heterocycles. The first-order valence-electron chi connectivity index (χ1n) is 7.83. The van der Waals surface area contributed by atoms with E-state index in [9.17, 15) is 4.79 Å². The van der Waals surface area contributed by atoms with E-state index in [4.69, 9.17) is 10.9 Å². The second kappa shape index (κ2) is 5.92. The zero-order valence-electron chi connectivity index (χ0n) is 13.3. The van der Waals surface area contributed by atoms with Gasteiger partial charge < -0.3 is 10.3 Å². The number of amides is 1. The van der Waals surface area contributed by atoms with E-state index >= 15 is 0 Å². The highest BCUT2D eigenvalue weighted by molar-refractivity contribution is 6.08. The average molecular weight is 332 g/mol. The van der Waals surface area contributed by atoms with Gasteiger partial charge in [0.05, 0.1) is 11.7 Å². The number of hydrogen-bond donors (Lipinski definition) is 3. The van der Waals surface area contributed by atoms with Gasteiger partial charge in [-0.15, -0.1) is 0 Å². The maximum Gasteiger partial charge on any atom is 0.274 e. The number of nitrogens with one attached hydrogen (secondary N) is 1. The van der Waals surface area contributed by atoms with E-state index in [1.54, 1.807) is 23.8 Å². The molecule has 2 aromatic heterocycles. The molecule has 4 rings (SSSR count). The van der Waals surface area contributed by atoms with Crippen LogP contribution in [0.2, 0.25) is 0 Å². The molecule has 0 aliphatic rings. The predicted octanol–water partition coefficient (Wildman–Crippen LogP) is 2.94. The smallest absolute Gasteiger partial charge is 0.274 e. The van der Waals surface area contributed by atoms with Gasteiger partial charge in [0.25, 0.3) is 5.91 Å². The monoisotopic (exact) mass is 332 g/mol. The second-order valence-electron chi connectivity index (χ2n) is 5.87. The van der Waals surface area contributed by atoms with E-state index in [-0.39, 0.29) is 0 Å². The first-order chi connectivity index (χ1) is 12.2. The second-order valence-corrected chi connectivity index (χ2v) is 5.87. The van der Waals surface area contributed by atoms with Gasteiger partial charge in [0.1, 0.15) is 5.82 Å². The Morgan fingerprint density at radius 1 is 1.08 bits per heavy atom. The predicted molar refractivity (Wildman–Crippen MR) is 96.4 cm³/mol. The molecule has 6 nitrogen and oxygen atoms in total. The zero-order valence-corrected chi connectivity index (χ0v) is 13.3. The standard InChI is InChI=1S/C19H16N4O2/c20-18-9-15-14-3-1-2-4-16(14)23(17(15)10-21-18)11-12-5-7-13(8-6-12)19(24)22-25/h1-10,25H,11H2,(H2,20,21)(H,22,24). The lowest BCUT2D eigenvalue weighted by atomic mass is 10.1. The molecule has 0 atom stereocenters. The van der Waals surface area contributed by atoms with E-state index in [0.717, 1.165) is 27.4 Å². The van der Waals surface area contributed by atoms with Crippen LogP contribution in [0.25, 0.3) is 21.8 Å². The van der Waals surface area contributed by atoms with Crippen molar-refractivity contribution in [1.29, 1.82) is 0 Å². The highest BCUT2D eigenvalue weighted by atomic mass is 16.5. The Labute approximate surface area is 143 Å². The number of carbonyl (C=O) groups is 1. The fourth-order valence-corrected chi connectivity index (χ4v) is 3.14. The molecule has 2 heterocycles. The normalized spacial score (nSPS) is 11.1. The summed E-state index contributed by atoms with van der Waals surface area (Å²) in [6.45, 7) is 0.636. The van der Waals surface area contributed by atoms with Crippen LogP contribution in [0.5, 0.6) is 0 Å². The van der Waals surface area contributed by atoms with Crippen molar-refractivity contribution in [1.82, 2.24) is 15.0 Å². The molecule has 2 aromatic carbocycles. The van der Waals surface area contributed by atoms with E-state index in [2.05, 4.69) is 21.7 Å². The molecule has 124 valence electrons. The summed E-state index contributed by atoms with van der Waals surface area (Å²) in [4.78, 5) is 15.7. The van der Waals surface area contributed by atoms with Crippen LogP contribution >= 0.6 is 0 Å². The first kappa shape index (κ1) is 15.2. The topological polar surface area (TPSA) is 93.2 Å². The number of para-hydroxylation sites is 1. The number of pyridine rings is 1. The summed E-state index contributed by atoms with van der Waals surface area (Å²) in [5.41, 5.74) is 11.0. The Hall–Kier alpha value is -3.38. The number of aromatic nitrogens is 2. The van der Waals surface area contributed by atoms with Crippen molar-refractivity contribution in [2.24, 2.45) is 0 Å². The zero-order chi connectivity index (χ0) is 17.4. The van der Waals surface area contributed by atoms with Gasteiger partial charge in [-0.1, -0.05) is 30.3 Å². The molecular formula is C19H16N4O2. The molecule has 0 aliphatic carbocycles. The van der Waals surface area contributed by atoms with Gasteiger partial charge in [-0.3, -0.25) is 10.0 Å². The minimum absolute atomic E-state index is 0.405. The number of fused-ring (bicyclic) bond motifs is 3. The molecule has 6 heteroatoms. The van der Waals surface area contributed by atoms with Crippen LogP contribution in [0.15, 0.2) is 60.8 Å². The number of anilines is 1. The Morgan fingerprint density at radius 3 is 2.60 bits per heavy atom. The van der Waals surface area contributed by atoms with Crippen LogP contribution in [0, 0.1) is 0 Å². The van der Waals surface area contributed by atoms with Crippen LogP contribution in [0.1, 0.15) is 15.9 Å². The van der Waals surface area contributed by atoms with Crippen molar-refractivity contribution in [3.63, 3.8) is 0 Å². The highest BCUT2D eigenvalue weighted by Gasteiger charge is 2.12. The van der Waals surface area contributed by atoms with Crippen LogP contribution in [0.3, 0.4) is 0 Å². The number of nitrogens with two attached hydrogens (primary N) is 1. The lowest BCUT2D eigenvalue weighted by molar-refractivity contribution is 0.0706. The average Bonchev–Trinajstić information content (AvgIpc) is 2.95. The number of nitrogen functional groups attached to an aromatic ring is 1. The maximum absolute atomic E-state index is 11.4. The van der Waals surface area contributed by atoms with Gasteiger partial charge in [0.15, 0.2) is 0 Å². The fourth-order valence-electron chi connectivity index (χ4n) is 3.14. The van der Waals surface area contributed by atoms with E-state index in [0.29, 0.717) is 17.9 Å². The van der Waals surface area contributed by atoms with Gasteiger partial charge in [-0.05, 0) is 29.8 Å². The number of rotatable bonds is 3. The number of hydroxylamine groups is 1. The quantitative estimate of drug-likeness (QED) is 0.397. The van der Waals surface area contributed by atoms with Crippen molar-refractivity contribution < 1.29 is 10.0 Å². The Bertz CT molecular complexity index is 1080. The molecule has 0 bridgehead atoms. The van der Waals surface area contributed by atoms with E-state index in [1.165, 1.54) is 0 Å². The molecule has 0 aliphatic heterocycles. The summed E-state index contributed by atoms with van der Waals surface area (Å²) in [7, 11) is 0. The summed E-state index contributed by atoms with van der Waals surface area (Å²) in [5.74, 6) is -0.0298. The van der Waals surface area contributed by atoms with Gasteiger partial charge in [-0.2, -0.15) is 0 Å². The largest absolute Gasteiger partial charge is 0.384 e. The van der Waals surface area contributed by atoms with Gasteiger partial charge in [0.2, 0.25) is 0 Å². The molecule has 0 spiro atoms. The molecule has 0 fully saturated rings. The molecule has 0 unspecified atom stereocenters. The highest BCUT2D eigenvalue weighted by Crippen LogP contribution is 2.30. The summed E-state index contributed by atoms with van der Waals surface area (Å²) >= 11 is 0. The van der Waals surface area contributed by atoms with Crippen molar-refractivity contribution in [2.45, 2.75) is 6.54 Å². The summed E-state index contributed by atoms with van der Waals surface area (Å²) in [5, 5.41) is 10.9. The van der Waals surface area contributed by atoms with Crippen LogP contribution < -0.4 is 11.2 Å². The Kier molecular flexibility index (Phi) is 3.59. The number of benzene rings is 2. The third-order valence-corrected chi connectivity index (χ3v) is 4.34. The lowest BCUT2D eigenvalue weighted by Gasteiger charge is -2.08. The summed E-state index contributed by atoms with van der Waals surface area (Å²) in [6.07, 6.45) is 1.79. The van der Waals surface area contributed by atoms with Crippen LogP contribution in [-0.4, -0.2) is 20.7 Å².